The second kappa shape index (κ2) is 6.14. The van der Waals surface area contributed by atoms with Gasteiger partial charge in [-0.3, -0.25) is 4.90 Å². The van der Waals surface area contributed by atoms with Gasteiger partial charge in [0, 0.05) is 32.8 Å². The number of nitrogens with one attached hydrogen (secondary N) is 1. The van der Waals surface area contributed by atoms with E-state index in [0.29, 0.717) is 18.2 Å². The largest absolute Gasteiger partial charge is 0.377 e. The maximum Gasteiger partial charge on any atom is 0.0787 e. The van der Waals surface area contributed by atoms with Crippen LogP contribution in [0.4, 0.5) is 0 Å². The maximum absolute atomic E-state index is 5.75. The minimum absolute atomic E-state index is 0.153. The van der Waals surface area contributed by atoms with Crippen molar-refractivity contribution < 1.29 is 9.47 Å². The van der Waals surface area contributed by atoms with Crippen molar-refractivity contribution >= 4 is 0 Å². The van der Waals surface area contributed by atoms with Gasteiger partial charge in [-0.25, -0.2) is 0 Å². The summed E-state index contributed by atoms with van der Waals surface area (Å²) in [7, 11) is 3.77. The molecule has 1 aliphatic rings. The molecule has 1 rings (SSSR count). The Morgan fingerprint density at radius 1 is 1.35 bits per heavy atom. The zero-order chi connectivity index (χ0) is 13.1. The molecule has 17 heavy (non-hydrogen) atoms. The Hall–Kier alpha value is -0.160. The van der Waals surface area contributed by atoms with E-state index in [9.17, 15) is 0 Å². The molecule has 0 spiro atoms. The van der Waals surface area contributed by atoms with Gasteiger partial charge in [0.15, 0.2) is 0 Å². The lowest BCUT2D eigenvalue weighted by atomic mass is 9.97. The van der Waals surface area contributed by atoms with Crippen LogP contribution in [0.3, 0.4) is 0 Å². The lowest BCUT2D eigenvalue weighted by molar-refractivity contribution is -0.0816. The highest BCUT2D eigenvalue weighted by Crippen LogP contribution is 2.17. The average Bonchev–Trinajstić information content (AvgIpc) is 2.24. The van der Waals surface area contributed by atoms with Crippen LogP contribution in [0.1, 0.15) is 27.7 Å². The molecule has 1 heterocycles. The number of nitrogens with zero attached hydrogens (tertiary/aromatic N) is 1. The van der Waals surface area contributed by atoms with E-state index in [1.165, 1.54) is 0 Å². The topological polar surface area (TPSA) is 33.7 Å². The molecule has 0 amide bonds. The summed E-state index contributed by atoms with van der Waals surface area (Å²) in [6.45, 7) is 11.5. The van der Waals surface area contributed by atoms with E-state index in [4.69, 9.17) is 9.47 Å². The molecule has 0 bridgehead atoms. The molecule has 1 N–H and O–H groups in total. The first-order valence-electron chi connectivity index (χ1n) is 6.49. The predicted molar refractivity (Wildman–Crippen MR) is 70.4 cm³/mol. The predicted octanol–water partition coefficient (Wildman–Crippen LogP) is 1.11. The summed E-state index contributed by atoms with van der Waals surface area (Å²) in [5.74, 6) is 0. The molecule has 1 saturated heterocycles. The van der Waals surface area contributed by atoms with Gasteiger partial charge in [0.25, 0.3) is 0 Å². The van der Waals surface area contributed by atoms with Crippen molar-refractivity contribution in [1.29, 1.82) is 0 Å². The number of rotatable bonds is 5. The molecule has 0 saturated carbocycles. The van der Waals surface area contributed by atoms with Crippen LogP contribution in [-0.2, 0) is 9.47 Å². The molecule has 102 valence electrons. The molecule has 3 unspecified atom stereocenters. The van der Waals surface area contributed by atoms with E-state index in [1.54, 1.807) is 7.11 Å². The molecule has 1 aliphatic heterocycles. The van der Waals surface area contributed by atoms with Crippen LogP contribution in [0.25, 0.3) is 0 Å². The van der Waals surface area contributed by atoms with E-state index < -0.39 is 0 Å². The highest BCUT2D eigenvalue weighted by Gasteiger charge is 2.32. The van der Waals surface area contributed by atoms with E-state index in [-0.39, 0.29) is 5.60 Å². The lowest BCUT2D eigenvalue weighted by Gasteiger charge is -2.41. The smallest absolute Gasteiger partial charge is 0.0787 e. The van der Waals surface area contributed by atoms with Gasteiger partial charge in [0.2, 0.25) is 0 Å². The van der Waals surface area contributed by atoms with Crippen LogP contribution in [0.15, 0.2) is 0 Å². The van der Waals surface area contributed by atoms with E-state index in [1.807, 2.05) is 7.05 Å². The van der Waals surface area contributed by atoms with Crippen LogP contribution < -0.4 is 5.32 Å². The second-order valence-corrected chi connectivity index (χ2v) is 5.62. The normalized spacial score (nSPS) is 29.3. The third-order valence-electron chi connectivity index (χ3n) is 3.65. The minimum Gasteiger partial charge on any atom is -0.377 e. The third-order valence-corrected chi connectivity index (χ3v) is 3.65. The molecule has 3 atom stereocenters. The number of methoxy groups -OCH3 is 1. The van der Waals surface area contributed by atoms with Gasteiger partial charge in [-0.1, -0.05) is 0 Å². The Bertz CT molecular complexity index is 223. The summed E-state index contributed by atoms with van der Waals surface area (Å²) in [6, 6.07) is 0.324. The van der Waals surface area contributed by atoms with Crippen molar-refractivity contribution in [3.8, 4) is 0 Å². The fourth-order valence-electron chi connectivity index (χ4n) is 2.49. The quantitative estimate of drug-likeness (QED) is 0.785. The SMILES string of the molecule is CNC(CN1CC(C)OC(C)C1)C(C)(C)OC. The Labute approximate surface area is 106 Å². The van der Waals surface area contributed by atoms with Crippen molar-refractivity contribution in [2.75, 3.05) is 33.8 Å². The Morgan fingerprint density at radius 3 is 2.29 bits per heavy atom. The van der Waals surface area contributed by atoms with Gasteiger partial charge < -0.3 is 14.8 Å². The number of hydrogen-bond acceptors (Lipinski definition) is 4. The molecule has 0 radical (unpaired) electrons. The van der Waals surface area contributed by atoms with Gasteiger partial charge in [0.1, 0.15) is 0 Å². The number of likely N-dealkylation sites (N-methyl/N-ethyl adjacent to an activating group) is 1. The van der Waals surface area contributed by atoms with Crippen LogP contribution in [0.2, 0.25) is 0 Å². The van der Waals surface area contributed by atoms with Gasteiger partial charge in [-0.15, -0.1) is 0 Å². The zero-order valence-corrected chi connectivity index (χ0v) is 12.1. The Balaban J connectivity index is 2.56. The summed E-state index contributed by atoms with van der Waals surface area (Å²) in [5.41, 5.74) is -0.153. The molecule has 0 aromatic heterocycles. The third kappa shape index (κ3) is 4.21. The van der Waals surface area contributed by atoms with Crippen molar-refractivity contribution in [1.82, 2.24) is 10.2 Å². The van der Waals surface area contributed by atoms with Crippen molar-refractivity contribution in [2.24, 2.45) is 0 Å². The highest BCUT2D eigenvalue weighted by atomic mass is 16.5. The lowest BCUT2D eigenvalue weighted by Crippen LogP contribution is -2.56. The van der Waals surface area contributed by atoms with Gasteiger partial charge in [-0.2, -0.15) is 0 Å². The molecule has 1 fully saturated rings. The molecular weight excluding hydrogens is 216 g/mol. The van der Waals surface area contributed by atoms with Crippen LogP contribution >= 0.6 is 0 Å². The molecule has 4 nitrogen and oxygen atoms in total. The van der Waals surface area contributed by atoms with Crippen LogP contribution in [0.5, 0.6) is 0 Å². The highest BCUT2D eigenvalue weighted by molar-refractivity contribution is 4.88. The van der Waals surface area contributed by atoms with Crippen molar-refractivity contribution in [3.05, 3.63) is 0 Å². The fourth-order valence-corrected chi connectivity index (χ4v) is 2.49. The maximum atomic E-state index is 5.75. The van der Waals surface area contributed by atoms with Crippen LogP contribution in [0, 0.1) is 0 Å². The summed E-state index contributed by atoms with van der Waals surface area (Å²) >= 11 is 0. The minimum atomic E-state index is -0.153. The van der Waals surface area contributed by atoms with Gasteiger partial charge in [0.05, 0.1) is 17.8 Å². The Morgan fingerprint density at radius 2 is 1.88 bits per heavy atom. The first-order valence-corrected chi connectivity index (χ1v) is 6.49. The van der Waals surface area contributed by atoms with Crippen molar-refractivity contribution in [2.45, 2.75) is 51.5 Å². The molecule has 0 aliphatic carbocycles. The number of ether oxygens (including phenoxy) is 2. The van der Waals surface area contributed by atoms with E-state index in [0.717, 1.165) is 19.6 Å². The molecule has 4 heteroatoms. The second-order valence-electron chi connectivity index (χ2n) is 5.62. The van der Waals surface area contributed by atoms with Crippen LogP contribution in [-0.4, -0.2) is 62.5 Å². The Kier molecular flexibility index (Phi) is 5.38. The molecule has 0 aromatic carbocycles. The van der Waals surface area contributed by atoms with Gasteiger partial charge >= 0.3 is 0 Å². The first kappa shape index (κ1) is 14.9. The summed E-state index contributed by atoms with van der Waals surface area (Å²) in [6.07, 6.45) is 0.642. The fraction of sp³-hybridized carbons (Fsp3) is 1.00. The average molecular weight is 244 g/mol. The van der Waals surface area contributed by atoms with E-state index in [2.05, 4.69) is 37.9 Å². The summed E-state index contributed by atoms with van der Waals surface area (Å²) in [5, 5.41) is 3.36. The molecule has 0 aromatic rings. The monoisotopic (exact) mass is 244 g/mol. The summed E-state index contributed by atoms with van der Waals surface area (Å²) < 4.78 is 11.3. The number of morpholine rings is 1. The number of hydrogen-bond donors (Lipinski definition) is 1. The van der Waals surface area contributed by atoms with Crippen molar-refractivity contribution in [3.63, 3.8) is 0 Å². The summed E-state index contributed by atoms with van der Waals surface area (Å²) in [4.78, 5) is 2.46. The standard InChI is InChI=1S/C13H28N2O2/c1-10-7-15(8-11(2)17-10)9-12(14-5)13(3,4)16-6/h10-12,14H,7-9H2,1-6H3. The zero-order valence-electron chi connectivity index (χ0n) is 12.1. The van der Waals surface area contributed by atoms with E-state index >= 15 is 0 Å². The molecular formula is C13H28N2O2. The first-order chi connectivity index (χ1) is 7.89. The van der Waals surface area contributed by atoms with Gasteiger partial charge in [-0.05, 0) is 34.7 Å².